The Labute approximate surface area is 210 Å². The van der Waals surface area contributed by atoms with Crippen molar-refractivity contribution in [3.63, 3.8) is 0 Å². The van der Waals surface area contributed by atoms with E-state index in [1.807, 2.05) is 63.4 Å². The lowest BCUT2D eigenvalue weighted by Gasteiger charge is -2.22. The van der Waals surface area contributed by atoms with Crippen LogP contribution in [0.15, 0.2) is 77.6 Å². The number of carbonyl (C=O) groups excluding carboxylic acids is 1. The first kappa shape index (κ1) is 23.5. The molecule has 0 amide bonds. The summed E-state index contributed by atoms with van der Waals surface area (Å²) in [5.74, 6) is -0.360. The zero-order chi connectivity index (χ0) is 25.4. The second kappa shape index (κ2) is 9.11. The van der Waals surface area contributed by atoms with Crippen LogP contribution < -0.4 is 5.32 Å². The largest absolute Gasteiger partial charge is 0.456 e. The Bertz CT molecular complexity index is 1570. The number of furan rings is 1. The SMILES string of the molecule is Cc1cc(C(C)Nc2ccccc2C(=O)OC(C)(C)C)c2oc3c(-c4cccnc4)ccnc3c2c1. The molecule has 36 heavy (non-hydrogen) atoms. The molecule has 0 saturated heterocycles. The van der Waals surface area contributed by atoms with Crippen molar-refractivity contribution in [3.05, 3.63) is 89.9 Å². The maximum atomic E-state index is 12.9. The molecule has 182 valence electrons. The van der Waals surface area contributed by atoms with Crippen LogP contribution in [0.25, 0.3) is 33.2 Å². The van der Waals surface area contributed by atoms with Gasteiger partial charge in [-0.15, -0.1) is 0 Å². The first-order valence-electron chi connectivity index (χ1n) is 12.0. The summed E-state index contributed by atoms with van der Waals surface area (Å²) >= 11 is 0. The molecule has 3 heterocycles. The highest BCUT2D eigenvalue weighted by Gasteiger charge is 2.23. The summed E-state index contributed by atoms with van der Waals surface area (Å²) in [5.41, 5.74) is 6.95. The maximum absolute atomic E-state index is 12.9. The van der Waals surface area contributed by atoms with Crippen molar-refractivity contribution in [3.8, 4) is 11.1 Å². The second-order valence-electron chi connectivity index (χ2n) is 10.0. The van der Waals surface area contributed by atoms with Gasteiger partial charge in [0.2, 0.25) is 0 Å². The Kier molecular flexibility index (Phi) is 5.96. The molecule has 6 heteroatoms. The average Bonchev–Trinajstić information content (AvgIpc) is 3.22. The van der Waals surface area contributed by atoms with E-state index in [9.17, 15) is 4.79 Å². The summed E-state index contributed by atoms with van der Waals surface area (Å²) in [6.07, 6.45) is 5.39. The van der Waals surface area contributed by atoms with E-state index in [0.29, 0.717) is 11.3 Å². The van der Waals surface area contributed by atoms with E-state index in [2.05, 4.69) is 41.3 Å². The number of benzene rings is 2. The van der Waals surface area contributed by atoms with Crippen LogP contribution in [0.1, 0.15) is 55.2 Å². The van der Waals surface area contributed by atoms with E-state index < -0.39 is 5.60 Å². The first-order chi connectivity index (χ1) is 17.2. The highest BCUT2D eigenvalue weighted by atomic mass is 16.6. The number of anilines is 1. The third-order valence-corrected chi connectivity index (χ3v) is 5.98. The predicted molar refractivity (Wildman–Crippen MR) is 143 cm³/mol. The van der Waals surface area contributed by atoms with Gasteiger partial charge in [0.05, 0.1) is 11.6 Å². The van der Waals surface area contributed by atoms with Gasteiger partial charge in [-0.1, -0.05) is 24.3 Å². The molecular weight excluding hydrogens is 450 g/mol. The number of pyridine rings is 2. The molecule has 1 atom stereocenters. The molecule has 0 radical (unpaired) electrons. The summed E-state index contributed by atoms with van der Waals surface area (Å²) in [7, 11) is 0. The molecule has 2 aromatic carbocycles. The van der Waals surface area contributed by atoms with Crippen LogP contribution in [0.4, 0.5) is 5.69 Å². The van der Waals surface area contributed by atoms with Gasteiger partial charge in [-0.3, -0.25) is 9.97 Å². The van der Waals surface area contributed by atoms with E-state index >= 15 is 0 Å². The molecule has 0 aliphatic rings. The first-order valence-corrected chi connectivity index (χ1v) is 12.0. The van der Waals surface area contributed by atoms with E-state index in [1.54, 1.807) is 18.5 Å². The van der Waals surface area contributed by atoms with Crippen molar-refractivity contribution in [2.75, 3.05) is 5.32 Å². The molecule has 1 N–H and O–H groups in total. The Morgan fingerprint density at radius 3 is 2.58 bits per heavy atom. The minimum absolute atomic E-state index is 0.154. The molecule has 0 saturated carbocycles. The standard InChI is InChI=1S/C30H29N3O3/c1-18-15-23(19(2)33-25-11-7-6-10-22(25)29(34)36-30(3,4)5)27-24(16-18)26-28(35-27)21(12-14-32-26)20-9-8-13-31-17-20/h6-17,19,33H,1-5H3. The van der Waals surface area contributed by atoms with Crippen molar-refractivity contribution in [2.24, 2.45) is 0 Å². The Hall–Kier alpha value is -4.19. The number of hydrogen-bond donors (Lipinski definition) is 1. The van der Waals surface area contributed by atoms with Gasteiger partial charge < -0.3 is 14.5 Å². The number of nitrogens with one attached hydrogen (secondary N) is 1. The fraction of sp³-hybridized carbons (Fsp3) is 0.233. The van der Waals surface area contributed by atoms with Crippen molar-refractivity contribution in [2.45, 2.75) is 46.3 Å². The lowest BCUT2D eigenvalue weighted by Crippen LogP contribution is -2.24. The lowest BCUT2D eigenvalue weighted by molar-refractivity contribution is 0.00706. The van der Waals surface area contributed by atoms with Gasteiger partial charge in [-0.2, -0.15) is 0 Å². The van der Waals surface area contributed by atoms with Crippen LogP contribution in [-0.2, 0) is 4.74 Å². The number of fused-ring (bicyclic) bond motifs is 3. The topological polar surface area (TPSA) is 77.2 Å². The molecule has 0 aliphatic carbocycles. The third kappa shape index (κ3) is 4.54. The number of rotatable bonds is 5. The van der Waals surface area contributed by atoms with Crippen LogP contribution in [0, 0.1) is 6.92 Å². The van der Waals surface area contributed by atoms with Gasteiger partial charge in [0.1, 0.15) is 16.7 Å². The third-order valence-electron chi connectivity index (χ3n) is 5.98. The molecule has 6 nitrogen and oxygen atoms in total. The van der Waals surface area contributed by atoms with Crippen LogP contribution in [0.2, 0.25) is 0 Å². The molecule has 1 unspecified atom stereocenters. The highest BCUT2D eigenvalue weighted by Crippen LogP contribution is 2.38. The monoisotopic (exact) mass is 479 g/mol. The summed E-state index contributed by atoms with van der Waals surface area (Å²) in [6.45, 7) is 9.71. The van der Waals surface area contributed by atoms with Gasteiger partial charge in [0.25, 0.3) is 0 Å². The number of para-hydroxylation sites is 1. The maximum Gasteiger partial charge on any atom is 0.340 e. The molecule has 0 bridgehead atoms. The molecule has 0 aliphatic heterocycles. The number of hydrogen-bond acceptors (Lipinski definition) is 6. The molecular formula is C30H29N3O3. The second-order valence-corrected chi connectivity index (χ2v) is 10.0. The molecule has 0 spiro atoms. The van der Waals surface area contributed by atoms with Crippen molar-refractivity contribution < 1.29 is 13.9 Å². The Morgan fingerprint density at radius 1 is 1.03 bits per heavy atom. The van der Waals surface area contributed by atoms with Crippen LogP contribution >= 0.6 is 0 Å². The van der Waals surface area contributed by atoms with E-state index in [1.165, 1.54) is 0 Å². The Morgan fingerprint density at radius 2 is 1.83 bits per heavy atom. The average molecular weight is 480 g/mol. The van der Waals surface area contributed by atoms with E-state index in [0.717, 1.165) is 44.3 Å². The summed E-state index contributed by atoms with van der Waals surface area (Å²) < 4.78 is 12.1. The summed E-state index contributed by atoms with van der Waals surface area (Å²) in [6, 6.07) is 17.3. The number of ether oxygens (including phenoxy) is 1. The molecule has 3 aromatic heterocycles. The lowest BCUT2D eigenvalue weighted by atomic mass is 10.0. The Balaban J connectivity index is 1.58. The number of carbonyl (C=O) groups is 1. The van der Waals surface area contributed by atoms with Gasteiger partial charge in [-0.05, 0) is 70.5 Å². The van der Waals surface area contributed by atoms with Gasteiger partial charge in [-0.25, -0.2) is 4.79 Å². The summed E-state index contributed by atoms with van der Waals surface area (Å²) in [4.78, 5) is 21.8. The highest BCUT2D eigenvalue weighted by molar-refractivity contribution is 6.08. The number of aromatic nitrogens is 2. The molecule has 5 rings (SSSR count). The quantitative estimate of drug-likeness (QED) is 0.263. The number of aryl methyl sites for hydroxylation is 1. The molecule has 5 aromatic rings. The normalized spacial score (nSPS) is 12.6. The number of esters is 1. The van der Waals surface area contributed by atoms with Gasteiger partial charge >= 0.3 is 5.97 Å². The number of nitrogens with zero attached hydrogens (tertiary/aromatic N) is 2. The van der Waals surface area contributed by atoms with Crippen LogP contribution in [-0.4, -0.2) is 21.5 Å². The van der Waals surface area contributed by atoms with Crippen molar-refractivity contribution in [1.82, 2.24) is 9.97 Å². The molecule has 0 fully saturated rings. The summed E-state index contributed by atoms with van der Waals surface area (Å²) in [5, 5.41) is 4.47. The minimum atomic E-state index is -0.578. The predicted octanol–water partition coefficient (Wildman–Crippen LogP) is 7.48. The van der Waals surface area contributed by atoms with Gasteiger partial charge in [0, 0.05) is 46.4 Å². The van der Waals surface area contributed by atoms with E-state index in [-0.39, 0.29) is 12.0 Å². The van der Waals surface area contributed by atoms with E-state index in [4.69, 9.17) is 9.15 Å². The fourth-order valence-electron chi connectivity index (χ4n) is 4.44. The zero-order valence-corrected chi connectivity index (χ0v) is 21.1. The zero-order valence-electron chi connectivity index (χ0n) is 21.1. The van der Waals surface area contributed by atoms with Crippen molar-refractivity contribution in [1.29, 1.82) is 0 Å². The van der Waals surface area contributed by atoms with Crippen LogP contribution in [0.3, 0.4) is 0 Å². The van der Waals surface area contributed by atoms with Gasteiger partial charge in [0.15, 0.2) is 5.58 Å². The smallest absolute Gasteiger partial charge is 0.340 e. The minimum Gasteiger partial charge on any atom is -0.456 e. The van der Waals surface area contributed by atoms with Crippen molar-refractivity contribution >= 4 is 33.7 Å². The van der Waals surface area contributed by atoms with Crippen LogP contribution in [0.5, 0.6) is 0 Å². The fourth-order valence-corrected chi connectivity index (χ4v) is 4.44.